The van der Waals surface area contributed by atoms with E-state index in [-0.39, 0.29) is 0 Å². The van der Waals surface area contributed by atoms with Gasteiger partial charge >= 0.3 is 0 Å². The van der Waals surface area contributed by atoms with Crippen LogP contribution in [0.2, 0.25) is 0 Å². The number of rotatable bonds is 3. The van der Waals surface area contributed by atoms with Crippen LogP contribution in [0.3, 0.4) is 0 Å². The lowest BCUT2D eigenvalue weighted by Crippen LogP contribution is -2.51. The fraction of sp³-hybridized carbons (Fsp3) is 1.00. The Kier molecular flexibility index (Phi) is 7.97. The SMILES string of the molecule is CCCC1CCC(C2CCC3CCC4CCCCC4C3C3C(CCC4CCCC[C@H]43)OC2)CC1. The molecule has 1 heterocycles. The number of hydrogen-bond acceptors (Lipinski definition) is 1. The van der Waals surface area contributed by atoms with Crippen LogP contribution in [0.25, 0.3) is 0 Å². The van der Waals surface area contributed by atoms with Crippen molar-refractivity contribution in [1.82, 2.24) is 0 Å². The van der Waals surface area contributed by atoms with Crippen molar-refractivity contribution in [3.8, 4) is 0 Å². The Labute approximate surface area is 211 Å². The van der Waals surface area contributed by atoms with Gasteiger partial charge in [0.05, 0.1) is 12.7 Å². The van der Waals surface area contributed by atoms with Crippen LogP contribution in [0.15, 0.2) is 0 Å². The van der Waals surface area contributed by atoms with E-state index in [4.69, 9.17) is 4.74 Å². The largest absolute Gasteiger partial charge is 0.378 e. The van der Waals surface area contributed by atoms with Crippen LogP contribution >= 0.6 is 0 Å². The van der Waals surface area contributed by atoms with E-state index in [1.165, 1.54) is 83.5 Å². The minimum atomic E-state index is 0.615. The third-order valence-electron chi connectivity index (χ3n) is 12.8. The summed E-state index contributed by atoms with van der Waals surface area (Å²) in [6.45, 7) is 3.50. The fourth-order valence-electron chi connectivity index (χ4n) is 11.2. The van der Waals surface area contributed by atoms with Crippen molar-refractivity contribution in [2.24, 2.45) is 59.2 Å². The predicted octanol–water partition coefficient (Wildman–Crippen LogP) is 9.44. The van der Waals surface area contributed by atoms with Crippen molar-refractivity contribution in [3.05, 3.63) is 0 Å². The average Bonchev–Trinajstić information content (AvgIpc) is 2.97. The first-order chi connectivity index (χ1) is 16.8. The minimum Gasteiger partial charge on any atom is -0.378 e. The van der Waals surface area contributed by atoms with Gasteiger partial charge in [0.1, 0.15) is 0 Å². The molecule has 1 saturated heterocycles. The van der Waals surface area contributed by atoms with Crippen LogP contribution < -0.4 is 0 Å². The fourth-order valence-corrected chi connectivity index (χ4v) is 11.2. The van der Waals surface area contributed by atoms with Crippen LogP contribution in [0.4, 0.5) is 0 Å². The van der Waals surface area contributed by atoms with E-state index in [1.54, 1.807) is 44.9 Å². The number of fused-ring (bicyclic) bond motifs is 7. The van der Waals surface area contributed by atoms with E-state index in [0.717, 1.165) is 65.8 Å². The molecular formula is C33H56O. The summed E-state index contributed by atoms with van der Waals surface area (Å²) < 4.78 is 7.18. The zero-order chi connectivity index (χ0) is 22.9. The molecule has 0 bridgehead atoms. The molecule has 34 heavy (non-hydrogen) atoms. The summed E-state index contributed by atoms with van der Waals surface area (Å²) in [7, 11) is 0. The standard InChI is InChI=1S/C33H56O/c1-2-7-23-12-14-24(15-13-23)28-19-18-27-17-16-25-8-3-5-10-29(25)32(27)33-30-11-6-4-9-26(30)20-21-31(33)34-22-28/h23-33H,2-22H2,1H3/t23?,24?,25?,26?,27?,28?,29?,30-,31?,32?,33?/m1/s1. The molecule has 6 rings (SSSR count). The molecule has 5 saturated carbocycles. The highest BCUT2D eigenvalue weighted by Crippen LogP contribution is 2.58. The van der Waals surface area contributed by atoms with Crippen LogP contribution in [0.1, 0.15) is 135 Å². The Bertz CT molecular complexity index is 592. The maximum absolute atomic E-state index is 7.18. The maximum atomic E-state index is 7.18. The van der Waals surface area contributed by atoms with Crippen molar-refractivity contribution in [2.45, 2.75) is 141 Å². The molecule has 0 amide bonds. The van der Waals surface area contributed by atoms with Gasteiger partial charge in [0.15, 0.2) is 0 Å². The molecule has 0 N–H and O–H groups in total. The molecule has 194 valence electrons. The lowest BCUT2D eigenvalue weighted by atomic mass is 9.51. The lowest BCUT2D eigenvalue weighted by Gasteiger charge is -2.55. The van der Waals surface area contributed by atoms with Gasteiger partial charge in [-0.2, -0.15) is 0 Å². The molecule has 0 aromatic carbocycles. The smallest absolute Gasteiger partial charge is 0.0609 e. The van der Waals surface area contributed by atoms with Gasteiger partial charge in [-0.15, -0.1) is 0 Å². The first-order valence-electron chi connectivity index (χ1n) is 16.4. The second-order valence-corrected chi connectivity index (χ2v) is 14.3. The van der Waals surface area contributed by atoms with Gasteiger partial charge in [0.25, 0.3) is 0 Å². The van der Waals surface area contributed by atoms with E-state index < -0.39 is 0 Å². The predicted molar refractivity (Wildman–Crippen MR) is 143 cm³/mol. The van der Waals surface area contributed by atoms with Gasteiger partial charge in [0.2, 0.25) is 0 Å². The molecule has 9 atom stereocenters. The molecule has 0 radical (unpaired) electrons. The Morgan fingerprint density at radius 1 is 0.500 bits per heavy atom. The average molecular weight is 469 g/mol. The van der Waals surface area contributed by atoms with Gasteiger partial charge in [-0.25, -0.2) is 0 Å². The van der Waals surface area contributed by atoms with E-state index in [9.17, 15) is 0 Å². The monoisotopic (exact) mass is 468 g/mol. The summed E-state index contributed by atoms with van der Waals surface area (Å²) in [6.07, 6.45) is 30.9. The number of ether oxygens (including phenoxy) is 1. The molecule has 1 nitrogen and oxygen atoms in total. The van der Waals surface area contributed by atoms with Gasteiger partial charge in [-0.3, -0.25) is 0 Å². The Morgan fingerprint density at radius 3 is 1.76 bits per heavy atom. The van der Waals surface area contributed by atoms with E-state index >= 15 is 0 Å². The summed E-state index contributed by atoms with van der Waals surface area (Å²) in [6, 6.07) is 0. The van der Waals surface area contributed by atoms with Crippen LogP contribution in [-0.4, -0.2) is 12.7 Å². The van der Waals surface area contributed by atoms with E-state index in [0.29, 0.717) is 6.10 Å². The van der Waals surface area contributed by atoms with Crippen molar-refractivity contribution in [2.75, 3.05) is 6.61 Å². The zero-order valence-electron chi connectivity index (χ0n) is 22.6. The topological polar surface area (TPSA) is 9.23 Å². The molecule has 1 heteroatoms. The first-order valence-corrected chi connectivity index (χ1v) is 16.4. The molecule has 5 aliphatic carbocycles. The normalized spacial score (nSPS) is 49.9. The Morgan fingerprint density at radius 2 is 1.06 bits per heavy atom. The van der Waals surface area contributed by atoms with Crippen LogP contribution in [0.5, 0.6) is 0 Å². The minimum absolute atomic E-state index is 0.615. The van der Waals surface area contributed by atoms with Gasteiger partial charge < -0.3 is 4.74 Å². The van der Waals surface area contributed by atoms with Crippen molar-refractivity contribution >= 4 is 0 Å². The van der Waals surface area contributed by atoms with Crippen LogP contribution in [0, 0.1) is 59.2 Å². The third-order valence-corrected chi connectivity index (χ3v) is 12.8. The van der Waals surface area contributed by atoms with Crippen molar-refractivity contribution < 1.29 is 4.74 Å². The Balaban J connectivity index is 1.23. The number of hydrogen-bond donors (Lipinski definition) is 0. The molecule has 0 aromatic heterocycles. The summed E-state index contributed by atoms with van der Waals surface area (Å²) in [5.41, 5.74) is 0. The van der Waals surface area contributed by atoms with E-state index in [2.05, 4.69) is 6.92 Å². The van der Waals surface area contributed by atoms with Crippen LogP contribution in [-0.2, 0) is 4.74 Å². The lowest BCUT2D eigenvalue weighted by molar-refractivity contribution is -0.125. The molecule has 8 unspecified atom stereocenters. The van der Waals surface area contributed by atoms with Crippen molar-refractivity contribution in [1.29, 1.82) is 0 Å². The van der Waals surface area contributed by atoms with Gasteiger partial charge in [0, 0.05) is 0 Å². The molecule has 6 aliphatic rings. The highest BCUT2D eigenvalue weighted by Gasteiger charge is 2.52. The summed E-state index contributed by atoms with van der Waals surface area (Å²) in [5, 5.41) is 0. The van der Waals surface area contributed by atoms with E-state index in [1.807, 2.05) is 0 Å². The summed E-state index contributed by atoms with van der Waals surface area (Å²) in [5.74, 6) is 10.1. The Hall–Kier alpha value is -0.0400. The zero-order valence-corrected chi connectivity index (χ0v) is 22.6. The van der Waals surface area contributed by atoms with Gasteiger partial charge in [-0.1, -0.05) is 71.1 Å². The molecule has 6 fully saturated rings. The quantitative estimate of drug-likeness (QED) is 0.401. The second-order valence-electron chi connectivity index (χ2n) is 14.3. The maximum Gasteiger partial charge on any atom is 0.0609 e. The summed E-state index contributed by atoms with van der Waals surface area (Å²) in [4.78, 5) is 0. The summed E-state index contributed by atoms with van der Waals surface area (Å²) >= 11 is 0. The molecule has 0 aromatic rings. The molecule has 1 aliphatic heterocycles. The first kappa shape index (κ1) is 24.3. The molecular weight excluding hydrogens is 412 g/mol. The third kappa shape index (κ3) is 4.91. The molecule has 0 spiro atoms. The van der Waals surface area contributed by atoms with Gasteiger partial charge in [-0.05, 0) is 123 Å². The highest BCUT2D eigenvalue weighted by molar-refractivity contribution is 5.01. The van der Waals surface area contributed by atoms with Crippen molar-refractivity contribution in [3.63, 3.8) is 0 Å². The second kappa shape index (κ2) is 11.1. The highest BCUT2D eigenvalue weighted by atomic mass is 16.5.